The van der Waals surface area contributed by atoms with Crippen molar-refractivity contribution in [2.45, 2.75) is 19.8 Å². The minimum absolute atomic E-state index is 0.0708. The predicted molar refractivity (Wildman–Crippen MR) is 96.3 cm³/mol. The Morgan fingerprint density at radius 3 is 2.69 bits per heavy atom. The van der Waals surface area contributed by atoms with E-state index in [0.29, 0.717) is 17.8 Å². The summed E-state index contributed by atoms with van der Waals surface area (Å²) in [4.78, 5) is 37.6. The van der Waals surface area contributed by atoms with Crippen molar-refractivity contribution >= 4 is 29.2 Å². The third-order valence-electron chi connectivity index (χ3n) is 3.85. The number of hydrogen-bond donors (Lipinski definition) is 3. The van der Waals surface area contributed by atoms with Crippen LogP contribution in [-0.2, 0) is 19.1 Å². The smallest absolute Gasteiger partial charge is 0.337 e. The molecule has 2 rings (SSSR count). The van der Waals surface area contributed by atoms with Gasteiger partial charge in [0.2, 0.25) is 5.91 Å². The molecule has 0 bridgehead atoms. The number of methoxy groups -OCH3 is 1. The van der Waals surface area contributed by atoms with Gasteiger partial charge in [0.1, 0.15) is 5.70 Å². The highest BCUT2D eigenvalue weighted by molar-refractivity contribution is 6.08. The number of ether oxygens (including phenoxy) is 1. The summed E-state index contributed by atoms with van der Waals surface area (Å²) in [6, 6.07) is 6.87. The molecule has 1 aromatic carbocycles. The number of nitrogens with zero attached hydrogens (tertiary/aromatic N) is 1. The zero-order chi connectivity index (χ0) is 19.1. The van der Waals surface area contributed by atoms with Gasteiger partial charge in [-0.15, -0.1) is 0 Å². The lowest BCUT2D eigenvalue weighted by atomic mass is 10.2. The van der Waals surface area contributed by atoms with E-state index in [1.165, 1.54) is 12.0 Å². The summed E-state index contributed by atoms with van der Waals surface area (Å²) in [6.45, 7) is 1.91. The molecule has 0 atom stereocenters. The fourth-order valence-electron chi connectivity index (χ4n) is 2.62. The van der Waals surface area contributed by atoms with E-state index < -0.39 is 5.97 Å². The van der Waals surface area contributed by atoms with Gasteiger partial charge in [-0.05, 0) is 24.6 Å². The molecule has 1 aromatic rings. The average molecular weight is 361 g/mol. The maximum Gasteiger partial charge on any atom is 0.337 e. The number of carbonyl (C=O) groups excluding carboxylic acids is 3. The lowest BCUT2D eigenvalue weighted by Gasteiger charge is -2.15. The fraction of sp³-hybridized carbons (Fsp3) is 0.389. The van der Waals surface area contributed by atoms with Crippen molar-refractivity contribution in [1.82, 2.24) is 4.90 Å². The molecule has 3 N–H and O–H groups in total. The molecule has 1 aliphatic rings. The molecular weight excluding hydrogens is 338 g/mol. The second-order valence-corrected chi connectivity index (χ2v) is 5.80. The van der Waals surface area contributed by atoms with E-state index in [2.05, 4.69) is 10.6 Å². The Balaban J connectivity index is 2.22. The highest BCUT2D eigenvalue weighted by Crippen LogP contribution is 2.24. The number of rotatable bonds is 8. The van der Waals surface area contributed by atoms with Gasteiger partial charge >= 0.3 is 5.97 Å². The van der Waals surface area contributed by atoms with Crippen LogP contribution in [0.3, 0.4) is 0 Å². The van der Waals surface area contributed by atoms with E-state index in [4.69, 9.17) is 9.84 Å². The van der Waals surface area contributed by atoms with Crippen molar-refractivity contribution in [1.29, 1.82) is 0 Å². The molecule has 26 heavy (non-hydrogen) atoms. The predicted octanol–water partition coefficient (Wildman–Crippen LogP) is 1.10. The Bertz CT molecular complexity index is 729. The molecule has 1 heterocycles. The average Bonchev–Trinajstić information content (AvgIpc) is 2.91. The van der Waals surface area contributed by atoms with E-state index in [0.717, 1.165) is 6.42 Å². The summed E-state index contributed by atoms with van der Waals surface area (Å²) in [5.41, 5.74) is 1.45. The zero-order valence-electron chi connectivity index (χ0n) is 14.9. The van der Waals surface area contributed by atoms with Crippen molar-refractivity contribution in [3.8, 4) is 0 Å². The van der Waals surface area contributed by atoms with Gasteiger partial charge in [-0.1, -0.05) is 13.0 Å². The molecular formula is C18H23N3O5. The van der Waals surface area contributed by atoms with E-state index >= 15 is 0 Å². The molecule has 1 aliphatic heterocycles. The van der Waals surface area contributed by atoms with Gasteiger partial charge in [0.25, 0.3) is 5.91 Å². The van der Waals surface area contributed by atoms with Crippen molar-refractivity contribution in [2.24, 2.45) is 0 Å². The summed E-state index contributed by atoms with van der Waals surface area (Å²) in [5.74, 6) is -1.08. The van der Waals surface area contributed by atoms with Crippen LogP contribution in [0.1, 0.15) is 19.8 Å². The van der Waals surface area contributed by atoms with E-state index in [1.54, 1.807) is 24.3 Å². The van der Waals surface area contributed by atoms with Gasteiger partial charge in [-0.3, -0.25) is 9.59 Å². The van der Waals surface area contributed by atoms with E-state index in [1.807, 2.05) is 6.92 Å². The van der Waals surface area contributed by atoms with Crippen molar-refractivity contribution in [3.63, 3.8) is 0 Å². The molecule has 0 fully saturated rings. The standard InChI is InChI=1S/C18H23N3O5/c1-3-5-15(23)19-12-6-4-7-13(10-12)20-16-14(18(25)26-2)11-21(8-9-22)17(16)24/h4,6-7,10,20,22H,3,5,8-9,11H2,1-2H3,(H,19,23). The van der Waals surface area contributed by atoms with Crippen LogP contribution < -0.4 is 10.6 Å². The van der Waals surface area contributed by atoms with Crippen LogP contribution in [0, 0.1) is 0 Å². The molecule has 0 unspecified atom stereocenters. The molecule has 8 nitrogen and oxygen atoms in total. The fourth-order valence-corrected chi connectivity index (χ4v) is 2.62. The number of esters is 1. The summed E-state index contributed by atoms with van der Waals surface area (Å²) < 4.78 is 4.74. The number of β-amino-alcohol motifs (C(OH)–C–C–N with tert-alkyl or cyclic N) is 1. The first-order valence-corrected chi connectivity index (χ1v) is 8.38. The van der Waals surface area contributed by atoms with Crippen LogP contribution in [0.4, 0.5) is 11.4 Å². The SMILES string of the molecule is CCCC(=O)Nc1cccc(NC2=C(C(=O)OC)CN(CCO)C2=O)c1. The highest BCUT2D eigenvalue weighted by Gasteiger charge is 2.34. The second kappa shape index (κ2) is 9.00. The number of aliphatic hydroxyl groups is 1. The largest absolute Gasteiger partial charge is 0.466 e. The number of carbonyl (C=O) groups is 3. The Labute approximate surface area is 151 Å². The molecule has 140 valence electrons. The topological polar surface area (TPSA) is 108 Å². The molecule has 2 amide bonds. The Kier molecular flexibility index (Phi) is 6.74. The summed E-state index contributed by atoms with van der Waals surface area (Å²) in [7, 11) is 1.25. The first kappa shape index (κ1) is 19.5. The zero-order valence-corrected chi connectivity index (χ0v) is 14.9. The maximum atomic E-state index is 12.5. The van der Waals surface area contributed by atoms with Crippen LogP contribution in [0.2, 0.25) is 0 Å². The number of hydrogen-bond acceptors (Lipinski definition) is 6. The van der Waals surface area contributed by atoms with Gasteiger partial charge in [-0.2, -0.15) is 0 Å². The third-order valence-corrected chi connectivity index (χ3v) is 3.85. The number of amides is 2. The lowest BCUT2D eigenvalue weighted by molar-refractivity contribution is -0.136. The quantitative estimate of drug-likeness (QED) is 0.599. The third kappa shape index (κ3) is 4.60. The van der Waals surface area contributed by atoms with Gasteiger partial charge in [0.05, 0.1) is 25.8 Å². The number of nitrogens with one attached hydrogen (secondary N) is 2. The summed E-state index contributed by atoms with van der Waals surface area (Å²) in [5, 5.41) is 14.8. The first-order chi connectivity index (χ1) is 12.5. The maximum absolute atomic E-state index is 12.5. The van der Waals surface area contributed by atoms with Crippen LogP contribution in [0.15, 0.2) is 35.5 Å². The van der Waals surface area contributed by atoms with E-state index in [9.17, 15) is 14.4 Å². The van der Waals surface area contributed by atoms with Crippen LogP contribution in [-0.4, -0.2) is 54.6 Å². The van der Waals surface area contributed by atoms with Gasteiger partial charge in [0, 0.05) is 24.3 Å². The minimum atomic E-state index is -0.603. The minimum Gasteiger partial charge on any atom is -0.466 e. The van der Waals surface area contributed by atoms with Gasteiger partial charge in [-0.25, -0.2) is 4.79 Å². The molecule has 0 saturated carbocycles. The van der Waals surface area contributed by atoms with Crippen LogP contribution in [0.25, 0.3) is 0 Å². The molecule has 0 saturated heterocycles. The molecule has 0 spiro atoms. The molecule has 0 aliphatic carbocycles. The first-order valence-electron chi connectivity index (χ1n) is 8.38. The van der Waals surface area contributed by atoms with Crippen LogP contribution >= 0.6 is 0 Å². The highest BCUT2D eigenvalue weighted by atomic mass is 16.5. The number of aliphatic hydroxyl groups excluding tert-OH is 1. The van der Waals surface area contributed by atoms with Crippen molar-refractivity contribution in [2.75, 3.05) is 37.4 Å². The Morgan fingerprint density at radius 1 is 1.31 bits per heavy atom. The Morgan fingerprint density at radius 2 is 2.04 bits per heavy atom. The normalized spacial score (nSPS) is 13.8. The van der Waals surface area contributed by atoms with E-state index in [-0.39, 0.29) is 42.8 Å². The molecule has 0 radical (unpaired) electrons. The van der Waals surface area contributed by atoms with Crippen molar-refractivity contribution < 1.29 is 24.2 Å². The molecule has 0 aromatic heterocycles. The van der Waals surface area contributed by atoms with Gasteiger partial charge < -0.3 is 25.4 Å². The van der Waals surface area contributed by atoms with Gasteiger partial charge in [0.15, 0.2) is 0 Å². The second-order valence-electron chi connectivity index (χ2n) is 5.80. The monoisotopic (exact) mass is 361 g/mol. The number of anilines is 2. The Hall–Kier alpha value is -2.87. The molecule has 8 heteroatoms. The van der Waals surface area contributed by atoms with Crippen molar-refractivity contribution in [3.05, 3.63) is 35.5 Å². The summed E-state index contributed by atoms with van der Waals surface area (Å²) >= 11 is 0. The summed E-state index contributed by atoms with van der Waals surface area (Å²) in [6.07, 6.45) is 1.16. The number of benzene rings is 1. The lowest BCUT2D eigenvalue weighted by Crippen LogP contribution is -2.31. The van der Waals surface area contributed by atoms with Crippen LogP contribution in [0.5, 0.6) is 0 Å².